The number of hydrogen-bond donors (Lipinski definition) is 3. The van der Waals surface area contributed by atoms with Gasteiger partial charge in [-0.3, -0.25) is 4.21 Å². The SMILES string of the molecule is C=CC1=C(C=C)C2(OC1=O)c1ccc(N)c(S(=O)[O-])c1Oc1c2ccc(N)c1S(=O)O. The van der Waals surface area contributed by atoms with Gasteiger partial charge in [0.1, 0.15) is 4.90 Å². The maximum absolute atomic E-state index is 12.7. The third-order valence-electron chi connectivity index (χ3n) is 5.13. The second-order valence-corrected chi connectivity index (χ2v) is 8.40. The van der Waals surface area contributed by atoms with Crippen LogP contribution >= 0.6 is 0 Å². The number of carbonyl (C=O) groups excluding carboxylic acids is 1. The van der Waals surface area contributed by atoms with Crippen molar-refractivity contribution in [2.45, 2.75) is 15.4 Å². The van der Waals surface area contributed by atoms with Gasteiger partial charge >= 0.3 is 5.97 Å². The fourth-order valence-electron chi connectivity index (χ4n) is 3.91. The number of nitrogens with two attached hydrogens (primary N) is 2. The summed E-state index contributed by atoms with van der Waals surface area (Å²) in [5, 5.41) is 0. The number of hydrogen-bond acceptors (Lipinski definition) is 8. The largest absolute Gasteiger partial charge is 0.768 e. The molecule has 4 rings (SSSR count). The van der Waals surface area contributed by atoms with Gasteiger partial charge in [-0.1, -0.05) is 25.3 Å². The van der Waals surface area contributed by atoms with Gasteiger partial charge in [0.15, 0.2) is 28.2 Å². The van der Waals surface area contributed by atoms with E-state index in [4.69, 9.17) is 20.9 Å². The van der Waals surface area contributed by atoms with Crippen LogP contribution in [0.4, 0.5) is 11.4 Å². The quantitative estimate of drug-likeness (QED) is 0.353. The molecule has 0 bridgehead atoms. The van der Waals surface area contributed by atoms with Crippen molar-refractivity contribution in [1.82, 2.24) is 0 Å². The molecule has 3 atom stereocenters. The van der Waals surface area contributed by atoms with E-state index in [0.717, 1.165) is 0 Å². The standard InChI is InChI=1S/C20H16N2O7S2/c1-3-9-10(4-2)20(29-19(9)23)11-5-7-13(21)17(30(24)25)15(11)28-16-12(20)6-8-14(22)18(16)31(26)27/h3-8H,1-2,21-22H2,(H,24,25)(H,26,27)/p-1. The van der Waals surface area contributed by atoms with Crippen molar-refractivity contribution in [2.24, 2.45) is 0 Å². The molecule has 5 N–H and O–H groups in total. The molecule has 2 aromatic carbocycles. The molecule has 0 saturated carbocycles. The van der Waals surface area contributed by atoms with Gasteiger partial charge in [-0.15, -0.1) is 0 Å². The topological polar surface area (TPSA) is 165 Å². The first kappa shape index (κ1) is 21.0. The van der Waals surface area contributed by atoms with E-state index in [2.05, 4.69) is 13.2 Å². The summed E-state index contributed by atoms with van der Waals surface area (Å²) in [6.45, 7) is 7.40. The van der Waals surface area contributed by atoms with Crippen molar-refractivity contribution in [3.63, 3.8) is 0 Å². The fraction of sp³-hybridized carbons (Fsp3) is 0.0500. The Kier molecular flexibility index (Phi) is 4.85. The van der Waals surface area contributed by atoms with Crippen LogP contribution in [0.3, 0.4) is 0 Å². The van der Waals surface area contributed by atoms with E-state index in [1.807, 2.05) is 0 Å². The summed E-state index contributed by atoms with van der Waals surface area (Å²) < 4.78 is 57.5. The van der Waals surface area contributed by atoms with Gasteiger partial charge in [0.2, 0.25) is 0 Å². The Hall–Kier alpha value is -3.25. The van der Waals surface area contributed by atoms with Crippen molar-refractivity contribution in [1.29, 1.82) is 0 Å². The van der Waals surface area contributed by atoms with Crippen LogP contribution in [0.15, 0.2) is 70.5 Å². The van der Waals surface area contributed by atoms with Crippen LogP contribution in [0.25, 0.3) is 0 Å². The predicted octanol–water partition coefficient (Wildman–Crippen LogP) is 2.24. The monoisotopic (exact) mass is 459 g/mol. The van der Waals surface area contributed by atoms with Crippen molar-refractivity contribution in [2.75, 3.05) is 11.5 Å². The van der Waals surface area contributed by atoms with Crippen LogP contribution < -0.4 is 16.2 Å². The number of carbonyl (C=O) groups is 1. The Morgan fingerprint density at radius 2 is 1.55 bits per heavy atom. The zero-order valence-electron chi connectivity index (χ0n) is 15.7. The van der Waals surface area contributed by atoms with Gasteiger partial charge in [0, 0.05) is 16.7 Å². The van der Waals surface area contributed by atoms with Crippen LogP contribution in [-0.4, -0.2) is 23.5 Å². The van der Waals surface area contributed by atoms with Gasteiger partial charge in [-0.2, -0.15) is 0 Å². The van der Waals surface area contributed by atoms with E-state index >= 15 is 0 Å². The summed E-state index contributed by atoms with van der Waals surface area (Å²) in [4.78, 5) is 12.0. The van der Waals surface area contributed by atoms with E-state index in [9.17, 15) is 22.3 Å². The first-order valence-corrected chi connectivity index (χ1v) is 10.8. The van der Waals surface area contributed by atoms with Crippen molar-refractivity contribution in [3.05, 3.63) is 71.8 Å². The highest BCUT2D eigenvalue weighted by molar-refractivity contribution is 7.79. The van der Waals surface area contributed by atoms with Crippen LogP contribution in [0, 0.1) is 0 Å². The Morgan fingerprint density at radius 3 is 2.03 bits per heavy atom. The third-order valence-corrected chi connectivity index (χ3v) is 6.66. The summed E-state index contributed by atoms with van der Waals surface area (Å²) in [5.74, 6) is -1.22. The lowest BCUT2D eigenvalue weighted by Gasteiger charge is -2.39. The molecule has 2 aliphatic rings. The Labute approximate surface area is 181 Å². The molecule has 3 unspecified atom stereocenters. The molecule has 2 aliphatic heterocycles. The summed E-state index contributed by atoms with van der Waals surface area (Å²) in [7, 11) is 0. The van der Waals surface area contributed by atoms with Crippen molar-refractivity contribution >= 4 is 39.5 Å². The van der Waals surface area contributed by atoms with Gasteiger partial charge in [-0.05, 0) is 35.3 Å². The number of benzene rings is 2. The molecule has 9 nitrogen and oxygen atoms in total. The minimum Gasteiger partial charge on any atom is -0.768 e. The molecule has 160 valence electrons. The molecule has 2 aromatic rings. The number of rotatable bonds is 4. The number of esters is 1. The normalized spacial score (nSPS) is 21.0. The van der Waals surface area contributed by atoms with Gasteiger partial charge in [-0.25, -0.2) is 9.00 Å². The zero-order chi connectivity index (χ0) is 22.7. The van der Waals surface area contributed by atoms with Crippen LogP contribution in [0.1, 0.15) is 11.1 Å². The molecule has 0 radical (unpaired) electrons. The highest BCUT2D eigenvalue weighted by Gasteiger charge is 2.55. The number of fused-ring (bicyclic) bond motifs is 4. The minimum absolute atomic E-state index is 0.0794. The number of nitrogen functional groups attached to an aromatic ring is 2. The molecule has 0 saturated heterocycles. The molecule has 31 heavy (non-hydrogen) atoms. The molecule has 11 heteroatoms. The molecular weight excluding hydrogens is 444 g/mol. The van der Waals surface area contributed by atoms with E-state index in [-0.39, 0.29) is 50.0 Å². The van der Waals surface area contributed by atoms with Crippen LogP contribution in [-0.2, 0) is 37.3 Å². The van der Waals surface area contributed by atoms with Crippen molar-refractivity contribution < 1.29 is 31.8 Å². The Balaban J connectivity index is 2.24. The van der Waals surface area contributed by atoms with E-state index in [0.29, 0.717) is 0 Å². The van der Waals surface area contributed by atoms with Crippen LogP contribution in [0.2, 0.25) is 0 Å². The maximum Gasteiger partial charge on any atom is 0.340 e. The highest BCUT2D eigenvalue weighted by Crippen LogP contribution is 2.59. The Bertz CT molecular complexity index is 1210. The summed E-state index contributed by atoms with van der Waals surface area (Å²) in [6, 6.07) is 5.63. The summed E-state index contributed by atoms with van der Waals surface area (Å²) in [6.07, 6.45) is 2.66. The maximum atomic E-state index is 12.7. The van der Waals surface area contributed by atoms with Crippen LogP contribution in [0.5, 0.6) is 11.5 Å². The van der Waals surface area contributed by atoms with E-state index in [1.54, 1.807) is 0 Å². The highest BCUT2D eigenvalue weighted by atomic mass is 32.2. The molecule has 1 spiro atoms. The lowest BCUT2D eigenvalue weighted by molar-refractivity contribution is -0.144. The third kappa shape index (κ3) is 2.71. The van der Waals surface area contributed by atoms with E-state index in [1.165, 1.54) is 36.4 Å². The molecule has 0 aromatic heterocycles. The fourth-order valence-corrected chi connectivity index (χ4v) is 5.05. The molecular formula is C20H15N2O7S2-. The Morgan fingerprint density at radius 1 is 1.00 bits per heavy atom. The number of ether oxygens (including phenoxy) is 2. The second-order valence-electron chi connectivity index (χ2n) is 6.61. The lowest BCUT2D eigenvalue weighted by atomic mass is 9.77. The first-order chi connectivity index (χ1) is 14.7. The first-order valence-electron chi connectivity index (χ1n) is 8.65. The molecule has 0 aliphatic carbocycles. The van der Waals surface area contributed by atoms with Crippen molar-refractivity contribution in [3.8, 4) is 11.5 Å². The van der Waals surface area contributed by atoms with Gasteiger partial charge in [0.25, 0.3) is 0 Å². The molecule has 0 amide bonds. The number of anilines is 2. The molecule has 2 heterocycles. The van der Waals surface area contributed by atoms with Gasteiger partial charge in [0.05, 0.1) is 21.8 Å². The average molecular weight is 459 g/mol. The molecule has 0 fully saturated rings. The lowest BCUT2D eigenvalue weighted by Crippen LogP contribution is -2.35. The zero-order valence-corrected chi connectivity index (χ0v) is 17.4. The predicted molar refractivity (Wildman–Crippen MR) is 112 cm³/mol. The van der Waals surface area contributed by atoms with E-state index < -0.39 is 38.6 Å². The summed E-state index contributed by atoms with van der Waals surface area (Å²) in [5.41, 5.74) is 10.5. The smallest absolute Gasteiger partial charge is 0.340 e. The average Bonchev–Trinajstić information content (AvgIpc) is 2.98. The van der Waals surface area contributed by atoms with Gasteiger partial charge < -0.3 is 30.0 Å². The minimum atomic E-state index is -2.85. The second kappa shape index (κ2) is 7.17. The summed E-state index contributed by atoms with van der Waals surface area (Å²) >= 11 is -5.47.